The molecule has 2 amide bonds. The summed E-state index contributed by atoms with van der Waals surface area (Å²) < 4.78 is 32.7. The smallest absolute Gasteiger partial charge is 0.309 e. The molecule has 2 atom stereocenters. The maximum atomic E-state index is 13.8. The van der Waals surface area contributed by atoms with Gasteiger partial charge in [-0.1, -0.05) is 54.6 Å². The van der Waals surface area contributed by atoms with E-state index in [9.17, 15) is 23.2 Å². The van der Waals surface area contributed by atoms with Gasteiger partial charge in [-0.05, 0) is 36.8 Å². The van der Waals surface area contributed by atoms with E-state index in [0.29, 0.717) is 11.1 Å². The van der Waals surface area contributed by atoms with Crippen molar-refractivity contribution >= 4 is 23.5 Å². The summed E-state index contributed by atoms with van der Waals surface area (Å²) in [6.45, 7) is 1.28. The third-order valence-corrected chi connectivity index (χ3v) is 4.80. The van der Waals surface area contributed by atoms with Gasteiger partial charge in [0.25, 0.3) is 11.8 Å². The van der Waals surface area contributed by atoms with Crippen LogP contribution in [-0.2, 0) is 14.3 Å². The summed E-state index contributed by atoms with van der Waals surface area (Å²) in [6, 6.07) is 19.8. The topological polar surface area (TPSA) is 84.5 Å². The predicted molar refractivity (Wildman–Crippen MR) is 118 cm³/mol. The van der Waals surface area contributed by atoms with Gasteiger partial charge in [0.15, 0.2) is 6.10 Å². The average Bonchev–Trinajstić information content (AvgIpc) is 2.82. The first-order chi connectivity index (χ1) is 15.8. The van der Waals surface area contributed by atoms with Crippen LogP contribution in [0, 0.1) is 11.6 Å². The van der Waals surface area contributed by atoms with Crippen molar-refractivity contribution in [3.63, 3.8) is 0 Å². The molecule has 0 aliphatic heterocycles. The number of hydrogen-bond acceptors (Lipinski definition) is 4. The Kier molecular flexibility index (Phi) is 7.86. The molecule has 170 valence electrons. The summed E-state index contributed by atoms with van der Waals surface area (Å²) in [5.41, 5.74) is 0.471. The third-order valence-electron chi connectivity index (χ3n) is 4.80. The van der Waals surface area contributed by atoms with Crippen LogP contribution in [0.2, 0.25) is 0 Å². The minimum Gasteiger partial charge on any atom is -0.452 e. The normalized spacial score (nSPS) is 12.3. The molecule has 0 bridgehead atoms. The standard InChI is InChI=1S/C25H22F2N2O4/c1-16(24(31)29-23-19(26)13-8-14-20(23)27)33-22(30)15-21(17-9-4-2-5-10-17)28-25(32)18-11-6-3-7-12-18/h2-14,16,21H,15H2,1H3,(H,28,32)(H,29,31). The van der Waals surface area contributed by atoms with E-state index in [-0.39, 0.29) is 12.3 Å². The number of benzene rings is 3. The van der Waals surface area contributed by atoms with Crippen LogP contribution in [0.1, 0.15) is 35.3 Å². The second-order valence-corrected chi connectivity index (χ2v) is 7.22. The molecule has 2 N–H and O–H groups in total. The summed E-state index contributed by atoms with van der Waals surface area (Å²) >= 11 is 0. The molecule has 3 rings (SSSR count). The van der Waals surface area contributed by atoms with Crippen molar-refractivity contribution in [3.05, 3.63) is 102 Å². The average molecular weight is 452 g/mol. The van der Waals surface area contributed by atoms with E-state index in [2.05, 4.69) is 10.6 Å². The van der Waals surface area contributed by atoms with Crippen LogP contribution < -0.4 is 10.6 Å². The van der Waals surface area contributed by atoms with Crippen LogP contribution in [0.5, 0.6) is 0 Å². The lowest BCUT2D eigenvalue weighted by molar-refractivity contribution is -0.153. The Hall–Kier alpha value is -4.07. The highest BCUT2D eigenvalue weighted by Crippen LogP contribution is 2.20. The molecule has 0 saturated heterocycles. The second kappa shape index (κ2) is 11.0. The molecule has 0 radical (unpaired) electrons. The van der Waals surface area contributed by atoms with Gasteiger partial charge in [-0.25, -0.2) is 8.78 Å². The largest absolute Gasteiger partial charge is 0.452 e. The van der Waals surface area contributed by atoms with Crippen molar-refractivity contribution in [2.45, 2.75) is 25.5 Å². The van der Waals surface area contributed by atoms with Crippen LogP contribution in [0.3, 0.4) is 0 Å². The van der Waals surface area contributed by atoms with Crippen molar-refractivity contribution in [3.8, 4) is 0 Å². The van der Waals surface area contributed by atoms with Gasteiger partial charge in [0.1, 0.15) is 17.3 Å². The highest BCUT2D eigenvalue weighted by atomic mass is 19.1. The lowest BCUT2D eigenvalue weighted by atomic mass is 10.0. The molecule has 0 aliphatic rings. The zero-order chi connectivity index (χ0) is 23.8. The first-order valence-electron chi connectivity index (χ1n) is 10.2. The third kappa shape index (κ3) is 6.46. The highest BCUT2D eigenvalue weighted by molar-refractivity contribution is 5.96. The van der Waals surface area contributed by atoms with E-state index in [1.807, 2.05) is 0 Å². The van der Waals surface area contributed by atoms with Crippen molar-refractivity contribution in [1.82, 2.24) is 5.32 Å². The van der Waals surface area contributed by atoms with Crippen molar-refractivity contribution in [2.24, 2.45) is 0 Å². The molecule has 0 aromatic heterocycles. The lowest BCUT2D eigenvalue weighted by Crippen LogP contribution is -2.34. The number of rotatable bonds is 8. The minimum atomic E-state index is -1.32. The van der Waals surface area contributed by atoms with Gasteiger partial charge in [0, 0.05) is 5.56 Å². The van der Waals surface area contributed by atoms with Gasteiger partial charge in [-0.15, -0.1) is 0 Å². The van der Waals surface area contributed by atoms with E-state index in [1.165, 1.54) is 6.92 Å². The molecule has 0 saturated carbocycles. The molecular weight excluding hydrogens is 430 g/mol. The van der Waals surface area contributed by atoms with Crippen molar-refractivity contribution in [2.75, 3.05) is 5.32 Å². The molecule has 33 heavy (non-hydrogen) atoms. The van der Waals surface area contributed by atoms with E-state index in [0.717, 1.165) is 18.2 Å². The number of hydrogen-bond donors (Lipinski definition) is 2. The first-order valence-corrected chi connectivity index (χ1v) is 10.2. The molecule has 0 spiro atoms. The fraction of sp³-hybridized carbons (Fsp3) is 0.160. The van der Waals surface area contributed by atoms with Crippen LogP contribution >= 0.6 is 0 Å². The Morgan fingerprint density at radius 1 is 0.848 bits per heavy atom. The molecule has 3 aromatic rings. The fourth-order valence-corrected chi connectivity index (χ4v) is 3.08. The van der Waals surface area contributed by atoms with Gasteiger partial charge in [-0.3, -0.25) is 14.4 Å². The maximum Gasteiger partial charge on any atom is 0.309 e. The summed E-state index contributed by atoms with van der Waals surface area (Å²) in [4.78, 5) is 37.4. The van der Waals surface area contributed by atoms with Gasteiger partial charge in [0.05, 0.1) is 12.5 Å². The Morgan fingerprint density at radius 3 is 2.03 bits per heavy atom. The number of nitrogens with one attached hydrogen (secondary N) is 2. The Morgan fingerprint density at radius 2 is 1.42 bits per heavy atom. The lowest BCUT2D eigenvalue weighted by Gasteiger charge is -2.20. The van der Waals surface area contributed by atoms with Crippen molar-refractivity contribution in [1.29, 1.82) is 0 Å². The first kappa shape index (κ1) is 23.6. The molecule has 8 heteroatoms. The zero-order valence-corrected chi connectivity index (χ0v) is 17.8. The Bertz CT molecular complexity index is 1100. The molecule has 0 fully saturated rings. The summed E-state index contributed by atoms with van der Waals surface area (Å²) in [5.74, 6) is -3.94. The van der Waals surface area contributed by atoms with Crippen LogP contribution in [-0.4, -0.2) is 23.9 Å². The summed E-state index contributed by atoms with van der Waals surface area (Å²) in [7, 11) is 0. The maximum absolute atomic E-state index is 13.8. The van der Waals surface area contributed by atoms with E-state index >= 15 is 0 Å². The number of anilines is 1. The van der Waals surface area contributed by atoms with Crippen molar-refractivity contribution < 1.29 is 27.9 Å². The van der Waals surface area contributed by atoms with Gasteiger partial charge in [-0.2, -0.15) is 0 Å². The van der Waals surface area contributed by atoms with Crippen LogP contribution in [0.4, 0.5) is 14.5 Å². The number of esters is 1. The summed E-state index contributed by atoms with van der Waals surface area (Å²) in [5, 5.41) is 4.88. The van der Waals surface area contributed by atoms with E-state index in [1.54, 1.807) is 60.7 Å². The number of carbonyl (C=O) groups excluding carboxylic acids is 3. The van der Waals surface area contributed by atoms with Crippen LogP contribution in [0.15, 0.2) is 78.9 Å². The molecule has 0 aliphatic carbocycles. The minimum absolute atomic E-state index is 0.256. The predicted octanol–water partition coefficient (Wildman–Crippen LogP) is 4.40. The van der Waals surface area contributed by atoms with E-state index < -0.39 is 41.3 Å². The number of amides is 2. The molecule has 6 nitrogen and oxygen atoms in total. The van der Waals surface area contributed by atoms with Gasteiger partial charge >= 0.3 is 5.97 Å². The Labute approximate surface area is 189 Å². The monoisotopic (exact) mass is 452 g/mol. The number of para-hydroxylation sites is 1. The number of carbonyl (C=O) groups is 3. The highest BCUT2D eigenvalue weighted by Gasteiger charge is 2.24. The van der Waals surface area contributed by atoms with Crippen LogP contribution in [0.25, 0.3) is 0 Å². The molecule has 0 heterocycles. The van der Waals surface area contributed by atoms with E-state index in [4.69, 9.17) is 4.74 Å². The molecular formula is C25H22F2N2O4. The van der Waals surface area contributed by atoms with Gasteiger partial charge in [0.2, 0.25) is 0 Å². The van der Waals surface area contributed by atoms with Gasteiger partial charge < -0.3 is 15.4 Å². The SMILES string of the molecule is CC(OC(=O)CC(NC(=O)c1ccccc1)c1ccccc1)C(=O)Nc1c(F)cccc1F. The molecule has 3 aromatic carbocycles. The number of ether oxygens (including phenoxy) is 1. The molecule has 2 unspecified atom stereocenters. The fourth-order valence-electron chi connectivity index (χ4n) is 3.08. The Balaban J connectivity index is 1.66. The zero-order valence-electron chi connectivity index (χ0n) is 17.8. The quantitative estimate of drug-likeness (QED) is 0.497. The number of halogens is 2. The summed E-state index contributed by atoms with van der Waals surface area (Å²) in [6.07, 6.45) is -1.58. The second-order valence-electron chi connectivity index (χ2n) is 7.22.